The molecule has 1 saturated carbocycles. The Morgan fingerprint density at radius 1 is 1.12 bits per heavy atom. The smallest absolute Gasteiger partial charge is 0.255 e. The summed E-state index contributed by atoms with van der Waals surface area (Å²) in [6.07, 6.45) is -4.68. The number of fused-ring (bicyclic) bond motifs is 4. The Kier molecular flexibility index (Phi) is 4.73. The van der Waals surface area contributed by atoms with Crippen molar-refractivity contribution in [2.24, 2.45) is 0 Å². The lowest BCUT2D eigenvalue weighted by molar-refractivity contribution is -0.117. The van der Waals surface area contributed by atoms with E-state index in [0.29, 0.717) is 5.56 Å². The van der Waals surface area contributed by atoms with Gasteiger partial charge in [-0.15, -0.1) is 0 Å². The molecule has 0 radical (unpaired) electrons. The molecule has 0 bridgehead atoms. The average molecular weight is 442 g/mol. The minimum atomic E-state index is -1.62. The number of carbonyl (C=O) groups is 2. The molecule has 2 amide bonds. The number of hydrogen-bond acceptors (Lipinski definition) is 8. The predicted octanol–water partition coefficient (Wildman–Crippen LogP) is -0.480. The van der Waals surface area contributed by atoms with Crippen molar-refractivity contribution in [2.75, 3.05) is 6.79 Å². The van der Waals surface area contributed by atoms with E-state index in [-0.39, 0.29) is 29.4 Å². The van der Waals surface area contributed by atoms with Gasteiger partial charge in [0.15, 0.2) is 11.5 Å². The van der Waals surface area contributed by atoms with Crippen molar-refractivity contribution >= 4 is 11.8 Å². The molecule has 1 fully saturated rings. The van der Waals surface area contributed by atoms with E-state index in [1.165, 1.54) is 6.07 Å². The van der Waals surface area contributed by atoms with Gasteiger partial charge < -0.3 is 40.5 Å². The molecule has 5 rings (SSSR count). The van der Waals surface area contributed by atoms with Crippen molar-refractivity contribution in [1.29, 1.82) is 0 Å². The second-order valence-electron chi connectivity index (χ2n) is 8.29. The summed E-state index contributed by atoms with van der Waals surface area (Å²) in [6, 6.07) is 6.21. The quantitative estimate of drug-likeness (QED) is 0.364. The van der Waals surface area contributed by atoms with Crippen LogP contribution in [0.15, 0.2) is 30.3 Å². The van der Waals surface area contributed by atoms with E-state index in [1.807, 2.05) is 13.0 Å². The van der Waals surface area contributed by atoms with Gasteiger partial charge in [0, 0.05) is 11.5 Å². The lowest BCUT2D eigenvalue weighted by Crippen LogP contribution is -2.69. The fraction of sp³-hybridized carbons (Fsp3) is 0.364. The molecule has 6 N–H and O–H groups in total. The number of aliphatic hydroxyl groups excluding tert-OH is 3. The Morgan fingerprint density at radius 3 is 2.66 bits per heavy atom. The van der Waals surface area contributed by atoms with Crippen LogP contribution in [0.2, 0.25) is 0 Å². The first-order valence-electron chi connectivity index (χ1n) is 10.2. The van der Waals surface area contributed by atoms with Crippen LogP contribution in [0.3, 0.4) is 0 Å². The number of phenols is 1. The zero-order valence-electron chi connectivity index (χ0n) is 17.0. The third-order valence-corrected chi connectivity index (χ3v) is 6.34. The Hall–Kier alpha value is -3.34. The highest BCUT2D eigenvalue weighted by molar-refractivity contribution is 6.02. The van der Waals surface area contributed by atoms with Crippen LogP contribution in [0.25, 0.3) is 0 Å². The van der Waals surface area contributed by atoms with Crippen LogP contribution in [-0.4, -0.2) is 69.4 Å². The lowest BCUT2D eigenvalue weighted by atomic mass is 9.68. The first kappa shape index (κ1) is 20.6. The highest BCUT2D eigenvalue weighted by Crippen LogP contribution is 2.50. The van der Waals surface area contributed by atoms with Crippen LogP contribution in [0, 0.1) is 6.92 Å². The molecule has 0 unspecified atom stereocenters. The van der Waals surface area contributed by atoms with Gasteiger partial charge >= 0.3 is 0 Å². The molecule has 0 aromatic heterocycles. The second-order valence-corrected chi connectivity index (χ2v) is 8.29. The number of rotatable bonds is 2. The van der Waals surface area contributed by atoms with E-state index >= 15 is 0 Å². The fourth-order valence-electron chi connectivity index (χ4n) is 4.80. The van der Waals surface area contributed by atoms with Crippen LogP contribution in [0.1, 0.15) is 37.8 Å². The molecule has 2 heterocycles. The summed E-state index contributed by atoms with van der Waals surface area (Å²) < 4.78 is 10.6. The molecule has 2 aromatic carbocycles. The molecule has 2 aliphatic heterocycles. The van der Waals surface area contributed by atoms with Crippen LogP contribution in [-0.2, 0) is 0 Å². The van der Waals surface area contributed by atoms with Crippen molar-refractivity contribution in [3.63, 3.8) is 0 Å². The number of amides is 2. The first-order chi connectivity index (χ1) is 15.3. The van der Waals surface area contributed by atoms with E-state index in [4.69, 9.17) is 9.47 Å². The number of nitrogens with one attached hydrogen (secondary N) is 2. The molecule has 32 heavy (non-hydrogen) atoms. The SMILES string of the molecule is Cc1cccc(C(=O)N[C@H]2[C@H](O)[C@@H](O)[C@@H](O)[C@@H]3NC(=O)c4c(cc5c(c4O)OCO5)[C@@H]23)c1. The third kappa shape index (κ3) is 2.99. The van der Waals surface area contributed by atoms with Gasteiger partial charge in [0.25, 0.3) is 11.8 Å². The maximum absolute atomic E-state index is 13.0. The van der Waals surface area contributed by atoms with E-state index in [9.17, 15) is 30.0 Å². The predicted molar refractivity (Wildman–Crippen MR) is 109 cm³/mol. The van der Waals surface area contributed by atoms with E-state index in [1.54, 1.807) is 18.2 Å². The molecule has 168 valence electrons. The standard InChI is InChI=1S/C22H22N2O8/c1-8-3-2-4-9(5-8)21(29)23-14-12-10-6-11-20(32-7-31-11)16(25)13(10)22(30)24-15(12)18(27)19(28)17(14)26/h2-6,12,14-15,17-19,25-28H,7H2,1H3,(H,23,29)(H,24,30)/t12-,14+,15+,17-,18-,19+/m0/s1. The van der Waals surface area contributed by atoms with Gasteiger partial charge in [0.05, 0.1) is 17.6 Å². The number of aryl methyl sites for hydroxylation is 1. The molecule has 3 aliphatic rings. The van der Waals surface area contributed by atoms with Gasteiger partial charge in [-0.3, -0.25) is 9.59 Å². The molecule has 6 atom stereocenters. The Labute approximate surface area is 182 Å². The first-order valence-corrected chi connectivity index (χ1v) is 10.2. The summed E-state index contributed by atoms with van der Waals surface area (Å²) in [5, 5.41) is 47.8. The Balaban J connectivity index is 1.60. The van der Waals surface area contributed by atoms with E-state index in [2.05, 4.69) is 10.6 Å². The molecule has 0 spiro atoms. The fourth-order valence-corrected chi connectivity index (χ4v) is 4.80. The normalized spacial score (nSPS) is 30.2. The number of benzene rings is 2. The zero-order chi connectivity index (χ0) is 22.7. The summed E-state index contributed by atoms with van der Waals surface area (Å²) in [5.41, 5.74) is 1.38. The summed E-state index contributed by atoms with van der Waals surface area (Å²) in [7, 11) is 0. The number of aromatic hydroxyl groups is 1. The van der Waals surface area contributed by atoms with Crippen molar-refractivity contribution in [3.05, 3.63) is 52.6 Å². The van der Waals surface area contributed by atoms with Crippen molar-refractivity contribution in [1.82, 2.24) is 10.6 Å². The summed E-state index contributed by atoms with van der Waals surface area (Å²) >= 11 is 0. The second kappa shape index (κ2) is 7.37. The number of hydrogen-bond donors (Lipinski definition) is 6. The van der Waals surface area contributed by atoms with Crippen molar-refractivity contribution < 1.29 is 39.5 Å². The molecular formula is C22H22N2O8. The molecule has 1 aliphatic carbocycles. The van der Waals surface area contributed by atoms with Crippen LogP contribution < -0.4 is 20.1 Å². The molecule has 10 heteroatoms. The third-order valence-electron chi connectivity index (χ3n) is 6.34. The largest absolute Gasteiger partial charge is 0.504 e. The van der Waals surface area contributed by atoms with Crippen LogP contribution >= 0.6 is 0 Å². The van der Waals surface area contributed by atoms with Crippen molar-refractivity contribution in [3.8, 4) is 17.2 Å². The average Bonchev–Trinajstić information content (AvgIpc) is 3.24. The van der Waals surface area contributed by atoms with E-state index in [0.717, 1.165) is 5.56 Å². The maximum Gasteiger partial charge on any atom is 0.255 e. The minimum Gasteiger partial charge on any atom is -0.504 e. The summed E-state index contributed by atoms with van der Waals surface area (Å²) in [6.45, 7) is 1.69. The zero-order valence-corrected chi connectivity index (χ0v) is 17.0. The van der Waals surface area contributed by atoms with Gasteiger partial charge in [-0.05, 0) is 30.7 Å². The van der Waals surface area contributed by atoms with Gasteiger partial charge in [-0.2, -0.15) is 0 Å². The van der Waals surface area contributed by atoms with Gasteiger partial charge in [0.1, 0.15) is 18.3 Å². The molecular weight excluding hydrogens is 420 g/mol. The van der Waals surface area contributed by atoms with Crippen molar-refractivity contribution in [2.45, 2.75) is 43.2 Å². The monoisotopic (exact) mass is 442 g/mol. The lowest BCUT2D eigenvalue weighted by Gasteiger charge is -2.49. The highest BCUT2D eigenvalue weighted by atomic mass is 16.7. The van der Waals surface area contributed by atoms with Crippen LogP contribution in [0.4, 0.5) is 0 Å². The topological polar surface area (TPSA) is 158 Å². The maximum atomic E-state index is 13.0. The number of phenolic OH excluding ortho intramolecular Hbond substituents is 1. The molecule has 2 aromatic rings. The minimum absolute atomic E-state index is 0.0228. The summed E-state index contributed by atoms with van der Waals surface area (Å²) in [4.78, 5) is 25.7. The van der Waals surface area contributed by atoms with E-state index < -0.39 is 53.9 Å². The number of carbonyl (C=O) groups excluding carboxylic acids is 2. The summed E-state index contributed by atoms with van der Waals surface area (Å²) in [5.74, 6) is -2.25. The molecule has 10 nitrogen and oxygen atoms in total. The van der Waals surface area contributed by atoms with Gasteiger partial charge in [-0.1, -0.05) is 17.7 Å². The Morgan fingerprint density at radius 2 is 1.91 bits per heavy atom. The van der Waals surface area contributed by atoms with Gasteiger partial charge in [0.2, 0.25) is 12.5 Å². The number of aliphatic hydroxyl groups is 3. The molecule has 0 saturated heterocycles. The number of ether oxygens (including phenoxy) is 2. The van der Waals surface area contributed by atoms with Crippen LogP contribution in [0.5, 0.6) is 17.2 Å². The highest BCUT2D eigenvalue weighted by Gasteiger charge is 2.54. The van der Waals surface area contributed by atoms with Gasteiger partial charge in [-0.25, -0.2) is 0 Å². The Bertz CT molecular complexity index is 1120.